The number of benzene rings is 1. The van der Waals surface area contributed by atoms with Gasteiger partial charge in [0, 0.05) is 13.1 Å². The van der Waals surface area contributed by atoms with E-state index >= 15 is 0 Å². The third-order valence-corrected chi connectivity index (χ3v) is 5.48. The third kappa shape index (κ3) is 3.98. The monoisotopic (exact) mass is 412 g/mol. The van der Waals surface area contributed by atoms with Crippen LogP contribution in [0.3, 0.4) is 0 Å². The van der Waals surface area contributed by atoms with Crippen LogP contribution >= 0.6 is 0 Å². The maximum atomic E-state index is 13.0. The van der Waals surface area contributed by atoms with Crippen LogP contribution in [0.2, 0.25) is 0 Å². The Morgan fingerprint density at radius 2 is 1.87 bits per heavy atom. The lowest BCUT2D eigenvalue weighted by atomic mass is 9.99. The number of para-hydroxylation sites is 1. The van der Waals surface area contributed by atoms with Gasteiger partial charge < -0.3 is 24.1 Å². The van der Waals surface area contributed by atoms with E-state index in [1.807, 2.05) is 13.8 Å². The minimum Gasteiger partial charge on any atom is -0.507 e. The van der Waals surface area contributed by atoms with Crippen LogP contribution in [0.15, 0.2) is 46.4 Å². The molecule has 7 nitrogen and oxygen atoms in total. The first-order chi connectivity index (χ1) is 14.4. The van der Waals surface area contributed by atoms with Crippen LogP contribution in [0.1, 0.15) is 37.0 Å². The number of carbonyl (C=O) groups is 2. The number of nitrogens with zero attached hydrogens (tertiary/aromatic N) is 2. The molecule has 0 aliphatic carbocycles. The number of likely N-dealkylation sites (N-methyl/N-ethyl adjacent to an activating group) is 1. The van der Waals surface area contributed by atoms with Crippen molar-refractivity contribution >= 4 is 17.4 Å². The molecule has 1 aromatic heterocycles. The number of likely N-dealkylation sites (tertiary alicyclic amines) is 1. The van der Waals surface area contributed by atoms with Gasteiger partial charge in [0.15, 0.2) is 0 Å². The fourth-order valence-electron chi connectivity index (χ4n) is 3.78. The van der Waals surface area contributed by atoms with Gasteiger partial charge in [-0.15, -0.1) is 0 Å². The molecule has 3 rings (SSSR count). The number of carbonyl (C=O) groups excluding carboxylic acids is 2. The van der Waals surface area contributed by atoms with Gasteiger partial charge in [0.1, 0.15) is 29.1 Å². The Kier molecular flexibility index (Phi) is 6.62. The smallest absolute Gasteiger partial charge is 0.295 e. The Balaban J connectivity index is 2.10. The van der Waals surface area contributed by atoms with Gasteiger partial charge in [-0.25, -0.2) is 0 Å². The minimum absolute atomic E-state index is 0.0124. The van der Waals surface area contributed by atoms with Crippen LogP contribution in [0.4, 0.5) is 0 Å². The largest absolute Gasteiger partial charge is 0.507 e. The summed E-state index contributed by atoms with van der Waals surface area (Å²) in [5, 5.41) is 11.1. The molecule has 1 aromatic carbocycles. The quantitative estimate of drug-likeness (QED) is 0.407. The van der Waals surface area contributed by atoms with Crippen LogP contribution in [0.5, 0.6) is 5.75 Å². The minimum atomic E-state index is -0.792. The van der Waals surface area contributed by atoms with Crippen molar-refractivity contribution in [2.45, 2.75) is 26.8 Å². The van der Waals surface area contributed by atoms with Crippen LogP contribution < -0.4 is 4.74 Å². The molecular weight excluding hydrogens is 384 g/mol. The predicted molar refractivity (Wildman–Crippen MR) is 113 cm³/mol. The molecule has 1 atom stereocenters. The van der Waals surface area contributed by atoms with Crippen LogP contribution in [0, 0.1) is 6.92 Å². The molecule has 0 spiro atoms. The van der Waals surface area contributed by atoms with Gasteiger partial charge in [0.05, 0.1) is 18.2 Å². The fourth-order valence-corrected chi connectivity index (χ4v) is 3.78. The van der Waals surface area contributed by atoms with E-state index in [0.717, 1.165) is 13.1 Å². The number of hydrogen-bond donors (Lipinski definition) is 1. The molecule has 1 fully saturated rings. The van der Waals surface area contributed by atoms with E-state index in [4.69, 9.17) is 9.15 Å². The zero-order chi connectivity index (χ0) is 21.8. The molecule has 0 bridgehead atoms. The van der Waals surface area contributed by atoms with Crippen molar-refractivity contribution in [1.29, 1.82) is 0 Å². The number of hydrogen-bond acceptors (Lipinski definition) is 6. The summed E-state index contributed by atoms with van der Waals surface area (Å²) >= 11 is 0. The summed E-state index contributed by atoms with van der Waals surface area (Å²) in [5.41, 5.74) is 0.369. The summed E-state index contributed by atoms with van der Waals surface area (Å²) in [4.78, 5) is 29.6. The number of furan rings is 1. The molecule has 1 saturated heterocycles. The van der Waals surface area contributed by atoms with Crippen molar-refractivity contribution in [2.75, 3.05) is 33.3 Å². The van der Waals surface area contributed by atoms with E-state index in [9.17, 15) is 14.7 Å². The number of ether oxygens (including phenoxy) is 1. The van der Waals surface area contributed by atoms with Gasteiger partial charge in [0.25, 0.3) is 11.7 Å². The number of aliphatic hydroxyl groups excluding tert-OH is 1. The molecule has 160 valence electrons. The van der Waals surface area contributed by atoms with Crippen molar-refractivity contribution < 1.29 is 23.8 Å². The molecule has 1 aliphatic rings. The first-order valence-electron chi connectivity index (χ1n) is 10.1. The lowest BCUT2D eigenvalue weighted by molar-refractivity contribution is -0.140. The zero-order valence-electron chi connectivity index (χ0n) is 17.8. The molecule has 2 heterocycles. The lowest BCUT2D eigenvalue weighted by Gasteiger charge is -2.26. The SMILES string of the molecule is CCN(CC)CCN1C(=O)C(=O)/C(=C(\O)c2ccccc2OC)C1c1ccc(C)o1. The third-order valence-electron chi connectivity index (χ3n) is 5.48. The summed E-state index contributed by atoms with van der Waals surface area (Å²) in [6.45, 7) is 8.54. The van der Waals surface area contributed by atoms with E-state index in [1.54, 1.807) is 43.3 Å². The lowest BCUT2D eigenvalue weighted by Crippen LogP contribution is -2.37. The van der Waals surface area contributed by atoms with Gasteiger partial charge in [-0.3, -0.25) is 9.59 Å². The average molecular weight is 412 g/mol. The number of amides is 1. The van der Waals surface area contributed by atoms with Gasteiger partial charge in [-0.05, 0) is 44.3 Å². The number of rotatable bonds is 8. The highest BCUT2D eigenvalue weighted by Gasteiger charge is 2.47. The highest BCUT2D eigenvalue weighted by molar-refractivity contribution is 6.46. The molecular formula is C23H28N2O5. The number of aliphatic hydroxyl groups is 1. The first kappa shape index (κ1) is 21.6. The summed E-state index contributed by atoms with van der Waals surface area (Å²) < 4.78 is 11.1. The van der Waals surface area contributed by atoms with E-state index < -0.39 is 17.7 Å². The Morgan fingerprint density at radius 3 is 2.47 bits per heavy atom. The molecule has 1 aliphatic heterocycles. The number of methoxy groups -OCH3 is 1. The van der Waals surface area contributed by atoms with E-state index in [1.165, 1.54) is 12.0 Å². The predicted octanol–water partition coefficient (Wildman–Crippen LogP) is 3.36. The molecule has 30 heavy (non-hydrogen) atoms. The van der Waals surface area contributed by atoms with Crippen molar-refractivity contribution in [3.05, 3.63) is 59.1 Å². The van der Waals surface area contributed by atoms with Crippen molar-refractivity contribution in [1.82, 2.24) is 9.80 Å². The normalized spacial score (nSPS) is 18.4. The van der Waals surface area contributed by atoms with Crippen molar-refractivity contribution in [2.24, 2.45) is 0 Å². The number of aryl methyl sites for hydroxylation is 1. The summed E-state index contributed by atoms with van der Waals surface area (Å²) in [7, 11) is 1.49. The Labute approximate surface area is 176 Å². The Morgan fingerprint density at radius 1 is 1.17 bits per heavy atom. The van der Waals surface area contributed by atoms with Crippen LogP contribution in [-0.2, 0) is 9.59 Å². The maximum Gasteiger partial charge on any atom is 0.295 e. The Bertz CT molecular complexity index is 958. The topological polar surface area (TPSA) is 83.2 Å². The fraction of sp³-hybridized carbons (Fsp3) is 0.391. The second kappa shape index (κ2) is 9.17. The van der Waals surface area contributed by atoms with E-state index in [0.29, 0.717) is 35.9 Å². The highest BCUT2D eigenvalue weighted by atomic mass is 16.5. The second-order valence-corrected chi connectivity index (χ2v) is 7.17. The molecule has 1 amide bonds. The second-order valence-electron chi connectivity index (χ2n) is 7.17. The molecule has 1 unspecified atom stereocenters. The zero-order valence-corrected chi connectivity index (χ0v) is 17.8. The average Bonchev–Trinajstić information content (AvgIpc) is 3.29. The molecule has 0 saturated carbocycles. The molecule has 0 radical (unpaired) electrons. The van der Waals surface area contributed by atoms with Crippen molar-refractivity contribution in [3.8, 4) is 5.75 Å². The van der Waals surface area contributed by atoms with Gasteiger partial charge in [-0.2, -0.15) is 0 Å². The molecule has 2 aromatic rings. The maximum absolute atomic E-state index is 13.0. The Hall–Kier alpha value is -3.06. The van der Waals surface area contributed by atoms with Crippen molar-refractivity contribution in [3.63, 3.8) is 0 Å². The van der Waals surface area contributed by atoms with Gasteiger partial charge in [-0.1, -0.05) is 26.0 Å². The summed E-state index contributed by atoms with van der Waals surface area (Å²) in [6.07, 6.45) is 0. The molecule has 7 heteroatoms. The standard InChI is InChI=1S/C23H28N2O5/c1-5-24(6-2)13-14-25-20(18-12-11-15(3)30-18)19(22(27)23(25)28)21(26)16-9-7-8-10-17(16)29-4/h7-12,20,26H,5-6,13-14H2,1-4H3/b21-19-. The molecule has 1 N–H and O–H groups in total. The van der Waals surface area contributed by atoms with Crippen LogP contribution in [-0.4, -0.2) is 59.9 Å². The first-order valence-corrected chi connectivity index (χ1v) is 10.1. The highest BCUT2D eigenvalue weighted by Crippen LogP contribution is 2.41. The number of Topliss-reactive ketones (excluding diaryl/α,β-unsaturated/α-hetero) is 1. The van der Waals surface area contributed by atoms with Gasteiger partial charge in [0.2, 0.25) is 0 Å². The summed E-state index contributed by atoms with van der Waals surface area (Å²) in [5.74, 6) is -0.108. The van der Waals surface area contributed by atoms with Crippen LogP contribution in [0.25, 0.3) is 5.76 Å². The number of ketones is 1. The summed E-state index contributed by atoms with van der Waals surface area (Å²) in [6, 6.07) is 9.58. The van der Waals surface area contributed by atoms with E-state index in [2.05, 4.69) is 4.90 Å². The van der Waals surface area contributed by atoms with E-state index in [-0.39, 0.29) is 11.3 Å². The van der Waals surface area contributed by atoms with Gasteiger partial charge >= 0.3 is 0 Å².